The molecule has 1 heterocycles. The lowest BCUT2D eigenvalue weighted by atomic mass is 9.84. The molecule has 0 aromatic rings. The van der Waals surface area contributed by atoms with Crippen molar-refractivity contribution in [1.82, 2.24) is 0 Å². The summed E-state index contributed by atoms with van der Waals surface area (Å²) in [6.45, 7) is 3.46. The van der Waals surface area contributed by atoms with Crippen molar-refractivity contribution in [2.45, 2.75) is 24.0 Å². The van der Waals surface area contributed by atoms with Crippen molar-refractivity contribution < 1.29 is 24.2 Å². The molecule has 0 saturated carbocycles. The zero-order chi connectivity index (χ0) is 11.8. The number of carbonyl (C=O) groups is 2. The van der Waals surface area contributed by atoms with E-state index in [4.69, 9.17) is 14.6 Å². The molecule has 1 saturated heterocycles. The van der Waals surface area contributed by atoms with Gasteiger partial charge in [0.25, 0.3) is 0 Å². The standard InChI is InChI=1S/C11H12O5/c1-2-7-15-9(14)11-6-4-3-5-10(11,16-11)8(12)13/h2,4,6H,1,3,5,7H2,(H,12,13). The summed E-state index contributed by atoms with van der Waals surface area (Å²) in [6, 6.07) is 0. The second kappa shape index (κ2) is 3.45. The first kappa shape index (κ1) is 10.9. The van der Waals surface area contributed by atoms with Gasteiger partial charge in [-0.15, -0.1) is 0 Å². The number of aliphatic carboxylic acids is 1. The van der Waals surface area contributed by atoms with Crippen molar-refractivity contribution in [2.24, 2.45) is 0 Å². The zero-order valence-electron chi connectivity index (χ0n) is 8.64. The van der Waals surface area contributed by atoms with Crippen LogP contribution in [0.25, 0.3) is 0 Å². The Labute approximate surface area is 92.3 Å². The topological polar surface area (TPSA) is 76.1 Å². The Balaban J connectivity index is 2.22. The number of hydrogen-bond acceptors (Lipinski definition) is 4. The van der Waals surface area contributed by atoms with Crippen LogP contribution in [-0.2, 0) is 19.1 Å². The fourth-order valence-corrected chi connectivity index (χ4v) is 2.02. The van der Waals surface area contributed by atoms with E-state index in [9.17, 15) is 9.59 Å². The molecule has 16 heavy (non-hydrogen) atoms. The van der Waals surface area contributed by atoms with Crippen LogP contribution in [0.4, 0.5) is 0 Å². The number of hydrogen-bond donors (Lipinski definition) is 1. The Kier molecular flexibility index (Phi) is 2.35. The summed E-state index contributed by atoms with van der Waals surface area (Å²) < 4.78 is 10.0. The summed E-state index contributed by atoms with van der Waals surface area (Å²) in [5, 5.41) is 9.09. The maximum atomic E-state index is 11.7. The van der Waals surface area contributed by atoms with Crippen LogP contribution in [0.1, 0.15) is 12.8 Å². The summed E-state index contributed by atoms with van der Waals surface area (Å²) in [5.41, 5.74) is -2.83. The molecule has 5 heteroatoms. The molecular formula is C11H12O5. The van der Waals surface area contributed by atoms with Gasteiger partial charge in [-0.05, 0) is 18.9 Å². The SMILES string of the molecule is C=CCOC(=O)C12C=CCCC1(C(=O)O)O2. The molecule has 2 unspecified atom stereocenters. The van der Waals surface area contributed by atoms with Gasteiger partial charge in [0.1, 0.15) is 6.61 Å². The number of ether oxygens (including phenoxy) is 2. The molecule has 1 aliphatic carbocycles. The van der Waals surface area contributed by atoms with E-state index in [-0.39, 0.29) is 6.61 Å². The Morgan fingerprint density at radius 3 is 3.00 bits per heavy atom. The van der Waals surface area contributed by atoms with Gasteiger partial charge in [0, 0.05) is 0 Å². The van der Waals surface area contributed by atoms with Gasteiger partial charge in [0.2, 0.25) is 11.2 Å². The van der Waals surface area contributed by atoms with Crippen molar-refractivity contribution in [3.63, 3.8) is 0 Å². The van der Waals surface area contributed by atoms with Crippen molar-refractivity contribution in [2.75, 3.05) is 6.61 Å². The zero-order valence-corrected chi connectivity index (χ0v) is 8.64. The second-order valence-corrected chi connectivity index (χ2v) is 3.80. The molecule has 0 amide bonds. The van der Waals surface area contributed by atoms with Gasteiger partial charge in [-0.2, -0.15) is 0 Å². The van der Waals surface area contributed by atoms with E-state index in [0.717, 1.165) is 0 Å². The Bertz CT molecular complexity index is 386. The Hall–Kier alpha value is -1.62. The average molecular weight is 224 g/mol. The van der Waals surface area contributed by atoms with Crippen molar-refractivity contribution in [1.29, 1.82) is 0 Å². The molecule has 2 atom stereocenters. The molecule has 2 rings (SSSR count). The van der Waals surface area contributed by atoms with Crippen LogP contribution in [0, 0.1) is 0 Å². The van der Waals surface area contributed by atoms with Crippen LogP contribution in [0.15, 0.2) is 24.8 Å². The maximum absolute atomic E-state index is 11.7. The summed E-state index contributed by atoms with van der Waals surface area (Å²) in [7, 11) is 0. The minimum absolute atomic E-state index is 0.0491. The quantitative estimate of drug-likeness (QED) is 0.431. The van der Waals surface area contributed by atoms with Crippen LogP contribution < -0.4 is 0 Å². The minimum atomic E-state index is -1.42. The molecule has 1 fully saturated rings. The molecule has 0 aromatic heterocycles. The number of carbonyl (C=O) groups excluding carboxylic acids is 1. The van der Waals surface area contributed by atoms with Gasteiger partial charge in [-0.1, -0.05) is 18.7 Å². The smallest absolute Gasteiger partial charge is 0.346 e. The van der Waals surface area contributed by atoms with E-state index >= 15 is 0 Å². The third kappa shape index (κ3) is 1.21. The van der Waals surface area contributed by atoms with E-state index in [1.807, 2.05) is 0 Å². The van der Waals surface area contributed by atoms with Gasteiger partial charge in [-0.25, -0.2) is 9.59 Å². The molecule has 0 bridgehead atoms. The van der Waals surface area contributed by atoms with Crippen LogP contribution in [0.2, 0.25) is 0 Å². The van der Waals surface area contributed by atoms with Crippen molar-refractivity contribution in [3.05, 3.63) is 24.8 Å². The lowest BCUT2D eigenvalue weighted by molar-refractivity contribution is -0.149. The Morgan fingerprint density at radius 2 is 2.38 bits per heavy atom. The molecule has 86 valence electrons. The van der Waals surface area contributed by atoms with Gasteiger partial charge < -0.3 is 14.6 Å². The summed E-state index contributed by atoms with van der Waals surface area (Å²) in [4.78, 5) is 22.8. The second-order valence-electron chi connectivity index (χ2n) is 3.80. The molecule has 0 radical (unpaired) electrons. The third-order valence-corrected chi connectivity index (χ3v) is 2.89. The Morgan fingerprint density at radius 1 is 1.62 bits per heavy atom. The lowest BCUT2D eigenvalue weighted by Crippen LogP contribution is -2.41. The molecule has 2 aliphatic rings. The van der Waals surface area contributed by atoms with Crippen molar-refractivity contribution >= 4 is 11.9 Å². The summed E-state index contributed by atoms with van der Waals surface area (Å²) >= 11 is 0. The highest BCUT2D eigenvalue weighted by Gasteiger charge is 2.79. The predicted octanol–water partition coefficient (Wildman–Crippen LogP) is 0.658. The highest BCUT2D eigenvalue weighted by molar-refractivity contribution is 5.99. The number of epoxide rings is 1. The van der Waals surface area contributed by atoms with E-state index in [2.05, 4.69) is 6.58 Å². The number of carboxylic acid groups (broad SMARTS) is 1. The molecule has 1 aliphatic heterocycles. The van der Waals surface area contributed by atoms with Crippen LogP contribution in [0.5, 0.6) is 0 Å². The molecular weight excluding hydrogens is 212 g/mol. The predicted molar refractivity (Wildman–Crippen MR) is 53.7 cm³/mol. The van der Waals surface area contributed by atoms with Gasteiger partial charge in [0.05, 0.1) is 0 Å². The monoisotopic (exact) mass is 224 g/mol. The minimum Gasteiger partial charge on any atom is -0.479 e. The number of fused-ring (bicyclic) bond motifs is 1. The molecule has 1 N–H and O–H groups in total. The van der Waals surface area contributed by atoms with E-state index in [1.165, 1.54) is 12.2 Å². The molecule has 5 nitrogen and oxygen atoms in total. The number of allylic oxidation sites excluding steroid dienone is 1. The number of esters is 1. The highest BCUT2D eigenvalue weighted by atomic mass is 16.7. The van der Waals surface area contributed by atoms with Crippen molar-refractivity contribution in [3.8, 4) is 0 Å². The fraction of sp³-hybridized carbons (Fsp3) is 0.455. The molecule has 0 spiro atoms. The van der Waals surface area contributed by atoms with E-state index in [1.54, 1.807) is 6.08 Å². The first-order valence-corrected chi connectivity index (χ1v) is 4.98. The third-order valence-electron chi connectivity index (χ3n) is 2.89. The summed E-state index contributed by atoms with van der Waals surface area (Å²) in [6.07, 6.45) is 5.52. The van der Waals surface area contributed by atoms with Gasteiger partial charge in [-0.3, -0.25) is 0 Å². The maximum Gasteiger partial charge on any atom is 0.346 e. The van der Waals surface area contributed by atoms with Gasteiger partial charge >= 0.3 is 11.9 Å². The van der Waals surface area contributed by atoms with Crippen LogP contribution in [0.3, 0.4) is 0 Å². The normalized spacial score (nSPS) is 35.0. The van der Waals surface area contributed by atoms with Crippen LogP contribution in [-0.4, -0.2) is 34.9 Å². The van der Waals surface area contributed by atoms with E-state index < -0.39 is 23.1 Å². The largest absolute Gasteiger partial charge is 0.479 e. The van der Waals surface area contributed by atoms with Gasteiger partial charge in [0.15, 0.2) is 0 Å². The molecule has 0 aromatic carbocycles. The first-order chi connectivity index (χ1) is 7.59. The lowest BCUT2D eigenvalue weighted by Gasteiger charge is -2.15. The highest BCUT2D eigenvalue weighted by Crippen LogP contribution is 2.55. The number of rotatable bonds is 4. The fourth-order valence-electron chi connectivity index (χ4n) is 2.02. The van der Waals surface area contributed by atoms with Crippen LogP contribution >= 0.6 is 0 Å². The number of carboxylic acids is 1. The summed E-state index contributed by atoms with van der Waals surface area (Å²) in [5.74, 6) is -1.78. The average Bonchev–Trinajstić information content (AvgIpc) is 2.98. The van der Waals surface area contributed by atoms with E-state index in [0.29, 0.717) is 12.8 Å². The first-order valence-electron chi connectivity index (χ1n) is 4.98.